The molecule has 0 fully saturated rings. The molecule has 0 unspecified atom stereocenters. The highest BCUT2D eigenvalue weighted by molar-refractivity contribution is 5.57. The van der Waals surface area contributed by atoms with Crippen LogP contribution in [0.2, 0.25) is 0 Å². The van der Waals surface area contributed by atoms with Crippen molar-refractivity contribution in [3.63, 3.8) is 0 Å². The van der Waals surface area contributed by atoms with Crippen molar-refractivity contribution in [3.8, 4) is 34.4 Å². The lowest BCUT2D eigenvalue weighted by molar-refractivity contribution is -0.595. The number of nitrogens with zero attached hydrogens (tertiary/aromatic N) is 2. The van der Waals surface area contributed by atoms with E-state index in [-0.39, 0.29) is 0 Å². The molecule has 198 valence electrons. The van der Waals surface area contributed by atoms with Gasteiger partial charge in [0.1, 0.15) is 12.4 Å². The van der Waals surface area contributed by atoms with Crippen LogP contribution in [-0.2, 0) is 0 Å². The van der Waals surface area contributed by atoms with Gasteiger partial charge in [-0.15, -0.1) is 0 Å². The van der Waals surface area contributed by atoms with Crippen LogP contribution in [0, 0.1) is 0 Å². The molecular weight excluding hydrogens is 464 g/mol. The third-order valence-corrected chi connectivity index (χ3v) is 7.18. The van der Waals surface area contributed by atoms with E-state index in [1.54, 1.807) is 0 Å². The maximum atomic E-state index is 6.35. The predicted molar refractivity (Wildman–Crippen MR) is 145 cm³/mol. The molecule has 0 amide bonds. The van der Waals surface area contributed by atoms with Gasteiger partial charge in [0.2, 0.25) is 11.4 Å². The van der Waals surface area contributed by atoms with Crippen molar-refractivity contribution >= 4 is 0 Å². The molecule has 0 radical (unpaired) electrons. The number of benzene rings is 2. The Morgan fingerprint density at radius 1 is 0.514 bits per heavy atom. The summed E-state index contributed by atoms with van der Waals surface area (Å²) in [5, 5.41) is 0. The Morgan fingerprint density at radius 2 is 0.919 bits per heavy atom. The van der Waals surface area contributed by atoms with Crippen LogP contribution in [-0.4, -0.2) is 31.0 Å². The summed E-state index contributed by atoms with van der Waals surface area (Å²) in [4.78, 5) is 0. The van der Waals surface area contributed by atoms with E-state index >= 15 is 0 Å². The third-order valence-electron chi connectivity index (χ3n) is 7.18. The molecule has 4 bridgehead atoms. The SMILES string of the molecule is c1cc2c3c(c1)OCCCCCCCCOc1cccc(c1-[n+]1ccn-3c1)OCCCCCCCCO2. The molecule has 0 saturated carbocycles. The van der Waals surface area contributed by atoms with E-state index in [9.17, 15) is 0 Å². The van der Waals surface area contributed by atoms with Gasteiger partial charge in [-0.05, 0) is 49.9 Å². The van der Waals surface area contributed by atoms with Crippen LogP contribution in [0.1, 0.15) is 77.0 Å². The molecule has 0 spiro atoms. The van der Waals surface area contributed by atoms with Crippen LogP contribution in [0.5, 0.6) is 23.0 Å². The van der Waals surface area contributed by atoms with E-state index in [0.717, 1.165) is 60.1 Å². The Hall–Kier alpha value is -3.15. The Bertz CT molecular complexity index is 980. The fraction of sp³-hybridized carbons (Fsp3) is 0.516. The van der Waals surface area contributed by atoms with Crippen molar-refractivity contribution in [3.05, 3.63) is 55.1 Å². The first-order valence-corrected chi connectivity index (χ1v) is 14.3. The predicted octanol–water partition coefficient (Wildman–Crippen LogP) is 6.98. The number of ether oxygens (including phenoxy) is 4. The summed E-state index contributed by atoms with van der Waals surface area (Å²) in [6.07, 6.45) is 20.0. The zero-order valence-corrected chi connectivity index (χ0v) is 22.0. The molecule has 0 atom stereocenters. The van der Waals surface area contributed by atoms with Crippen molar-refractivity contribution in [1.29, 1.82) is 0 Å². The molecule has 2 aromatic carbocycles. The van der Waals surface area contributed by atoms with Crippen LogP contribution in [0.15, 0.2) is 55.1 Å². The van der Waals surface area contributed by atoms with Gasteiger partial charge < -0.3 is 18.9 Å². The Morgan fingerprint density at radius 3 is 1.41 bits per heavy atom. The van der Waals surface area contributed by atoms with Crippen molar-refractivity contribution in [2.24, 2.45) is 0 Å². The number of rotatable bonds is 0. The summed E-state index contributed by atoms with van der Waals surface area (Å²) in [6, 6.07) is 12.3. The summed E-state index contributed by atoms with van der Waals surface area (Å²) in [7, 11) is 0. The van der Waals surface area contributed by atoms with Crippen LogP contribution < -0.4 is 23.5 Å². The summed E-state index contributed by atoms with van der Waals surface area (Å²) in [6.45, 7) is 2.84. The smallest absolute Gasteiger partial charge is 0.254 e. The maximum Gasteiger partial charge on any atom is 0.254 e. The number of imidazole rings is 1. The Balaban J connectivity index is 1.57. The summed E-state index contributed by atoms with van der Waals surface area (Å²) < 4.78 is 29.6. The van der Waals surface area contributed by atoms with Crippen LogP contribution in [0.3, 0.4) is 0 Å². The van der Waals surface area contributed by atoms with E-state index < -0.39 is 0 Å². The minimum absolute atomic E-state index is 0.710. The van der Waals surface area contributed by atoms with E-state index in [1.165, 1.54) is 51.4 Å². The van der Waals surface area contributed by atoms with Gasteiger partial charge in [-0.3, -0.25) is 0 Å². The first-order valence-electron chi connectivity index (χ1n) is 14.3. The van der Waals surface area contributed by atoms with Gasteiger partial charge in [0.15, 0.2) is 23.0 Å². The second kappa shape index (κ2) is 13.4. The molecule has 0 aliphatic carbocycles. The second-order valence-corrected chi connectivity index (χ2v) is 10.1. The minimum atomic E-state index is 0.710. The molecule has 0 saturated heterocycles. The average Bonchev–Trinajstić information content (AvgIpc) is 3.39. The first-order chi connectivity index (χ1) is 18.4. The van der Waals surface area contributed by atoms with Gasteiger partial charge in [-0.2, -0.15) is 9.13 Å². The van der Waals surface area contributed by atoms with Crippen LogP contribution >= 0.6 is 0 Å². The number of para-hydroxylation sites is 2. The fourth-order valence-corrected chi connectivity index (χ4v) is 5.15. The third kappa shape index (κ3) is 6.79. The van der Waals surface area contributed by atoms with Gasteiger partial charge in [0.25, 0.3) is 6.33 Å². The first kappa shape index (κ1) is 25.5. The number of hydrogen-bond acceptors (Lipinski definition) is 4. The number of aromatic nitrogens is 2. The van der Waals surface area contributed by atoms with Gasteiger partial charge in [0, 0.05) is 0 Å². The summed E-state index contributed by atoms with van der Waals surface area (Å²) in [5.74, 6) is 3.40. The molecule has 3 heterocycles. The van der Waals surface area contributed by atoms with Crippen molar-refractivity contribution < 1.29 is 23.5 Å². The molecule has 2 aliphatic rings. The summed E-state index contributed by atoms with van der Waals surface area (Å²) in [5.41, 5.74) is 1.88. The Kier molecular flexibility index (Phi) is 9.24. The molecule has 37 heavy (non-hydrogen) atoms. The van der Waals surface area contributed by atoms with Crippen molar-refractivity contribution in [2.75, 3.05) is 26.4 Å². The fourth-order valence-electron chi connectivity index (χ4n) is 5.15. The Labute approximate surface area is 221 Å². The normalized spacial score (nSPS) is 17.9. The lowest BCUT2D eigenvalue weighted by Gasteiger charge is -2.14. The molecule has 3 aromatic rings. The van der Waals surface area contributed by atoms with Crippen molar-refractivity contribution in [2.45, 2.75) is 77.0 Å². The quantitative estimate of drug-likeness (QED) is 0.309. The molecular formula is C31H41N2O4+. The van der Waals surface area contributed by atoms with Gasteiger partial charge in [-0.25, -0.2) is 0 Å². The van der Waals surface area contributed by atoms with E-state index in [1.807, 2.05) is 12.1 Å². The summed E-state index contributed by atoms with van der Waals surface area (Å²) >= 11 is 0. The van der Waals surface area contributed by atoms with Gasteiger partial charge in [-0.1, -0.05) is 63.5 Å². The van der Waals surface area contributed by atoms with Gasteiger partial charge >= 0.3 is 0 Å². The molecule has 0 N–H and O–H groups in total. The lowest BCUT2D eigenvalue weighted by Crippen LogP contribution is -2.29. The van der Waals surface area contributed by atoms with E-state index in [4.69, 9.17) is 18.9 Å². The van der Waals surface area contributed by atoms with Crippen molar-refractivity contribution in [1.82, 2.24) is 4.57 Å². The molecule has 6 heteroatoms. The topological polar surface area (TPSA) is 45.7 Å². The molecule has 1 aromatic heterocycles. The largest absolute Gasteiger partial charge is 0.489 e. The highest BCUT2D eigenvalue weighted by atomic mass is 16.5. The second-order valence-electron chi connectivity index (χ2n) is 10.1. The van der Waals surface area contributed by atoms with Crippen LogP contribution in [0.25, 0.3) is 11.4 Å². The highest BCUT2D eigenvalue weighted by Crippen LogP contribution is 2.34. The zero-order chi connectivity index (χ0) is 25.1. The monoisotopic (exact) mass is 505 g/mol. The number of hydrogen-bond donors (Lipinski definition) is 0. The zero-order valence-electron chi connectivity index (χ0n) is 22.0. The highest BCUT2D eigenvalue weighted by Gasteiger charge is 2.24. The average molecular weight is 506 g/mol. The molecule has 2 aliphatic heterocycles. The van der Waals surface area contributed by atoms with E-state index in [0.29, 0.717) is 26.4 Å². The molecule has 6 nitrogen and oxygen atoms in total. The van der Waals surface area contributed by atoms with E-state index in [2.05, 4.69) is 52.1 Å². The maximum absolute atomic E-state index is 6.35. The molecule has 5 rings (SSSR count). The van der Waals surface area contributed by atoms with Gasteiger partial charge in [0.05, 0.1) is 26.4 Å². The lowest BCUT2D eigenvalue weighted by atomic mass is 10.1. The standard InChI is InChI=1S/C31H41N2O4/c1-2-6-10-22-35-27-16-14-18-29-31(27)33-20-19-32(25-33)30-26(34-21-9-5-1)15-13-17-28(30)36-23-11-7-3-4-8-12-24-37-29/h13-20,25H,1-12,21-24H2/q+1. The van der Waals surface area contributed by atoms with Crippen LogP contribution in [0.4, 0.5) is 0 Å². The minimum Gasteiger partial charge on any atom is -0.489 e.